The van der Waals surface area contributed by atoms with Crippen LogP contribution in [0.1, 0.15) is 20.9 Å². The number of aromatic nitrogens is 1. The van der Waals surface area contributed by atoms with Crippen molar-refractivity contribution in [3.63, 3.8) is 0 Å². The van der Waals surface area contributed by atoms with Gasteiger partial charge in [-0.15, -0.1) is 0 Å². The molecule has 0 saturated heterocycles. The molecule has 0 radical (unpaired) electrons. The van der Waals surface area contributed by atoms with Gasteiger partial charge in [-0.05, 0) is 12.1 Å². The van der Waals surface area contributed by atoms with Crippen molar-refractivity contribution in [2.45, 2.75) is 9.65 Å². The van der Waals surface area contributed by atoms with E-state index in [4.69, 9.17) is 0 Å². The number of nitrogens with zero attached hydrogens (tertiary/aromatic N) is 1. The molecule has 0 aliphatic carbocycles. The summed E-state index contributed by atoms with van der Waals surface area (Å²) in [5.41, 5.74) is 1.87. The zero-order chi connectivity index (χ0) is 13.8. The van der Waals surface area contributed by atoms with Crippen LogP contribution in [0.4, 0.5) is 5.69 Å². The SMILES string of the molecule is [O-][NH+](O)c1ccccc1[C@@H](Br)[C@H](Br)c1ccccn1. The van der Waals surface area contributed by atoms with Gasteiger partial charge >= 0.3 is 0 Å². The number of hydrogen-bond donors (Lipinski definition) is 2. The van der Waals surface area contributed by atoms with Gasteiger partial charge in [-0.3, -0.25) is 4.98 Å². The van der Waals surface area contributed by atoms with E-state index < -0.39 is 5.23 Å². The van der Waals surface area contributed by atoms with Gasteiger partial charge in [-0.1, -0.05) is 56.1 Å². The number of nitrogens with one attached hydrogen (secondary N) is 1. The highest BCUT2D eigenvalue weighted by molar-refractivity contribution is 9.12. The van der Waals surface area contributed by atoms with E-state index >= 15 is 0 Å². The lowest BCUT2D eigenvalue weighted by Crippen LogP contribution is -2.99. The summed E-state index contributed by atoms with van der Waals surface area (Å²) in [5.74, 6) is 0. The van der Waals surface area contributed by atoms with Crippen molar-refractivity contribution >= 4 is 37.5 Å². The van der Waals surface area contributed by atoms with Crippen LogP contribution >= 0.6 is 31.9 Å². The van der Waals surface area contributed by atoms with E-state index in [-0.39, 0.29) is 9.65 Å². The summed E-state index contributed by atoms with van der Waals surface area (Å²) in [5, 5.41) is 19.5. The molecule has 0 amide bonds. The molecule has 0 bridgehead atoms. The first-order valence-electron chi connectivity index (χ1n) is 5.62. The van der Waals surface area contributed by atoms with Gasteiger partial charge in [-0.2, -0.15) is 5.23 Å². The average molecular weight is 388 g/mol. The molecule has 0 saturated carbocycles. The Kier molecular flexibility index (Phi) is 5.06. The van der Waals surface area contributed by atoms with Crippen LogP contribution in [-0.2, 0) is 0 Å². The van der Waals surface area contributed by atoms with Crippen molar-refractivity contribution in [3.8, 4) is 0 Å². The van der Waals surface area contributed by atoms with Crippen molar-refractivity contribution in [3.05, 3.63) is 65.1 Å². The molecule has 0 aliphatic heterocycles. The smallest absolute Gasteiger partial charge is 0.168 e. The Morgan fingerprint density at radius 3 is 2.37 bits per heavy atom. The Balaban J connectivity index is 2.32. The minimum Gasteiger partial charge on any atom is -0.595 e. The lowest BCUT2D eigenvalue weighted by Gasteiger charge is -2.21. The summed E-state index contributed by atoms with van der Waals surface area (Å²) < 4.78 is 0. The zero-order valence-corrected chi connectivity index (χ0v) is 13.0. The van der Waals surface area contributed by atoms with Crippen LogP contribution in [0.2, 0.25) is 0 Å². The maximum absolute atomic E-state index is 11.2. The van der Waals surface area contributed by atoms with Gasteiger partial charge < -0.3 is 5.21 Å². The van der Waals surface area contributed by atoms with Gasteiger partial charge in [0.15, 0.2) is 5.69 Å². The molecule has 19 heavy (non-hydrogen) atoms. The molecule has 4 nitrogen and oxygen atoms in total. The van der Waals surface area contributed by atoms with Gasteiger partial charge in [0.05, 0.1) is 15.3 Å². The normalized spacial score (nSPS) is 15.8. The first-order valence-corrected chi connectivity index (χ1v) is 7.45. The largest absolute Gasteiger partial charge is 0.595 e. The molecule has 0 fully saturated rings. The Hall–Kier alpha value is -0.790. The molecule has 1 aromatic heterocycles. The second-order valence-corrected chi connectivity index (χ2v) is 5.92. The lowest BCUT2D eigenvalue weighted by molar-refractivity contribution is -0.991. The van der Waals surface area contributed by atoms with Crippen molar-refractivity contribution in [1.29, 1.82) is 0 Å². The Morgan fingerprint density at radius 1 is 1.05 bits per heavy atom. The van der Waals surface area contributed by atoms with Crippen LogP contribution in [0.15, 0.2) is 48.7 Å². The second-order valence-electron chi connectivity index (χ2n) is 3.95. The zero-order valence-electron chi connectivity index (χ0n) is 9.83. The fourth-order valence-corrected chi connectivity index (χ4v) is 3.00. The van der Waals surface area contributed by atoms with Crippen molar-refractivity contribution in [2.75, 3.05) is 0 Å². The molecule has 0 spiro atoms. The maximum atomic E-state index is 11.2. The van der Waals surface area contributed by atoms with Crippen LogP contribution in [0, 0.1) is 5.21 Å². The maximum Gasteiger partial charge on any atom is 0.168 e. The lowest BCUT2D eigenvalue weighted by atomic mass is 10.1. The highest BCUT2D eigenvalue weighted by Gasteiger charge is 2.25. The van der Waals surface area contributed by atoms with Gasteiger partial charge in [-0.25, -0.2) is 5.21 Å². The summed E-state index contributed by atoms with van der Waals surface area (Å²) in [4.78, 5) is 4.00. The molecule has 1 heterocycles. The van der Waals surface area contributed by atoms with E-state index in [1.165, 1.54) is 0 Å². The number of pyridine rings is 1. The van der Waals surface area contributed by atoms with Crippen LogP contribution in [-0.4, -0.2) is 10.2 Å². The Labute approximate surface area is 127 Å². The monoisotopic (exact) mass is 386 g/mol. The van der Waals surface area contributed by atoms with E-state index in [0.717, 1.165) is 11.3 Å². The molecular formula is C13H12Br2N2O2. The van der Waals surface area contributed by atoms with Crippen LogP contribution in [0.25, 0.3) is 0 Å². The highest BCUT2D eigenvalue weighted by atomic mass is 79.9. The molecule has 3 atom stereocenters. The molecular weight excluding hydrogens is 376 g/mol. The minimum atomic E-state index is -0.930. The first kappa shape index (κ1) is 14.6. The predicted octanol–water partition coefficient (Wildman–Crippen LogP) is 3.06. The van der Waals surface area contributed by atoms with Crippen LogP contribution in [0.5, 0.6) is 0 Å². The minimum absolute atomic E-state index is 0.103. The molecule has 0 aliphatic rings. The van der Waals surface area contributed by atoms with Gasteiger partial charge in [0, 0.05) is 17.8 Å². The molecule has 1 unspecified atom stereocenters. The topological polar surface area (TPSA) is 60.6 Å². The fourth-order valence-electron chi connectivity index (χ4n) is 1.78. The number of quaternary nitrogens is 1. The van der Waals surface area contributed by atoms with Gasteiger partial charge in [0.1, 0.15) is 0 Å². The van der Waals surface area contributed by atoms with Crippen molar-refractivity contribution in [1.82, 2.24) is 4.98 Å². The van der Waals surface area contributed by atoms with Gasteiger partial charge in [0.2, 0.25) is 0 Å². The van der Waals surface area contributed by atoms with E-state index in [1.807, 2.05) is 24.3 Å². The Bertz CT molecular complexity index is 537. The Morgan fingerprint density at radius 2 is 1.74 bits per heavy atom. The van der Waals surface area contributed by atoms with Crippen LogP contribution < -0.4 is 5.23 Å². The number of hydrogen-bond acceptors (Lipinski definition) is 3. The summed E-state index contributed by atoms with van der Waals surface area (Å²) >= 11 is 7.13. The summed E-state index contributed by atoms with van der Waals surface area (Å²) in [7, 11) is 0. The predicted molar refractivity (Wildman–Crippen MR) is 79.8 cm³/mol. The van der Waals surface area contributed by atoms with Crippen molar-refractivity contribution in [2.24, 2.45) is 0 Å². The standard InChI is InChI=1S/C13H12Br2N2O2/c14-12(13(15)10-6-3-4-8-16-10)9-5-1-2-7-11(9)17(18)19/h1-8,12-13,17-18H/t12-,13-/m1/s1. The highest BCUT2D eigenvalue weighted by Crippen LogP contribution is 2.43. The molecule has 2 rings (SSSR count). The van der Waals surface area contributed by atoms with Crippen LogP contribution in [0.3, 0.4) is 0 Å². The summed E-state index contributed by atoms with van der Waals surface area (Å²) in [6.07, 6.45) is 1.71. The number of alkyl halides is 2. The second kappa shape index (κ2) is 6.58. The number of para-hydroxylation sites is 1. The molecule has 1 aromatic carbocycles. The average Bonchev–Trinajstić information content (AvgIpc) is 2.46. The van der Waals surface area contributed by atoms with E-state index in [9.17, 15) is 10.4 Å². The van der Waals surface area contributed by atoms with Crippen molar-refractivity contribution < 1.29 is 10.4 Å². The number of halogens is 2. The van der Waals surface area contributed by atoms with Gasteiger partial charge in [0.25, 0.3) is 0 Å². The molecule has 100 valence electrons. The molecule has 6 heteroatoms. The third kappa shape index (κ3) is 3.40. The first-order chi connectivity index (χ1) is 9.11. The van der Waals surface area contributed by atoms with E-state index in [0.29, 0.717) is 5.69 Å². The quantitative estimate of drug-likeness (QED) is 0.626. The summed E-state index contributed by atoms with van der Waals surface area (Å²) in [6.45, 7) is 0. The molecule has 2 N–H and O–H groups in total. The van der Waals surface area contributed by atoms with E-state index in [1.54, 1.807) is 24.4 Å². The number of rotatable bonds is 4. The summed E-state index contributed by atoms with van der Waals surface area (Å²) in [6, 6.07) is 12.6. The number of benzene rings is 1. The third-order valence-electron chi connectivity index (χ3n) is 2.72. The molecule has 2 aromatic rings. The third-order valence-corrected chi connectivity index (χ3v) is 5.44. The van der Waals surface area contributed by atoms with E-state index in [2.05, 4.69) is 36.8 Å². The fraction of sp³-hybridized carbons (Fsp3) is 0.154.